The average Bonchev–Trinajstić information content (AvgIpc) is 2.66. The topological polar surface area (TPSA) is 84.2 Å². The zero-order chi connectivity index (χ0) is 19.6. The summed E-state index contributed by atoms with van der Waals surface area (Å²) in [5.41, 5.74) is 1.25. The molecular formula is C19H18Cl2N2O4. The van der Waals surface area contributed by atoms with E-state index in [-0.39, 0.29) is 5.91 Å². The highest BCUT2D eigenvalue weighted by molar-refractivity contribution is 6.43. The van der Waals surface area contributed by atoms with E-state index in [2.05, 4.69) is 4.90 Å². The minimum Gasteiger partial charge on any atom is -0.504 e. The Morgan fingerprint density at radius 2 is 1.63 bits per heavy atom. The van der Waals surface area contributed by atoms with Gasteiger partial charge in [-0.3, -0.25) is 4.79 Å². The van der Waals surface area contributed by atoms with Gasteiger partial charge in [-0.15, -0.1) is 0 Å². The summed E-state index contributed by atoms with van der Waals surface area (Å²) in [5, 5.41) is 29.4. The summed E-state index contributed by atoms with van der Waals surface area (Å²) in [4.78, 5) is 16.2. The van der Waals surface area contributed by atoms with Crippen LogP contribution in [0.2, 0.25) is 10.0 Å². The van der Waals surface area contributed by atoms with Crippen LogP contribution < -0.4 is 4.90 Å². The van der Waals surface area contributed by atoms with Crippen LogP contribution in [0.3, 0.4) is 0 Å². The van der Waals surface area contributed by atoms with E-state index in [1.54, 1.807) is 11.0 Å². The molecule has 2 aromatic rings. The van der Waals surface area contributed by atoms with Crippen LogP contribution in [0.25, 0.3) is 6.08 Å². The fourth-order valence-corrected chi connectivity index (χ4v) is 3.31. The van der Waals surface area contributed by atoms with Crippen molar-refractivity contribution in [1.29, 1.82) is 0 Å². The second-order valence-electron chi connectivity index (χ2n) is 6.13. The fraction of sp³-hybridized carbons (Fsp3) is 0.211. The van der Waals surface area contributed by atoms with E-state index >= 15 is 0 Å². The van der Waals surface area contributed by atoms with Crippen molar-refractivity contribution in [3.8, 4) is 17.2 Å². The molecule has 3 N–H and O–H groups in total. The van der Waals surface area contributed by atoms with E-state index in [1.807, 2.05) is 12.1 Å². The lowest BCUT2D eigenvalue weighted by Crippen LogP contribution is -2.48. The molecule has 0 atom stereocenters. The second kappa shape index (κ2) is 7.98. The van der Waals surface area contributed by atoms with Crippen molar-refractivity contribution in [2.24, 2.45) is 0 Å². The lowest BCUT2D eigenvalue weighted by Gasteiger charge is -2.36. The molecule has 6 nitrogen and oxygen atoms in total. The molecule has 0 bridgehead atoms. The van der Waals surface area contributed by atoms with Crippen molar-refractivity contribution in [2.75, 3.05) is 31.1 Å². The van der Waals surface area contributed by atoms with Crippen molar-refractivity contribution in [3.05, 3.63) is 52.0 Å². The first-order chi connectivity index (χ1) is 12.9. The number of aromatic hydroxyl groups is 3. The number of rotatable bonds is 3. The first kappa shape index (κ1) is 19.2. The molecular weight excluding hydrogens is 391 g/mol. The standard InChI is InChI=1S/C19H18Cl2N2O4/c20-13-2-1-3-14(18(13)21)22-6-8-23(9-7-22)17(26)5-4-12-10-15(24)19(27)16(25)11-12/h1-5,10-11,24-25,27H,6-9H2/b5-4+. The SMILES string of the molecule is O=C(/C=C/c1cc(O)c(O)c(O)c1)N1CCN(c2cccc(Cl)c2Cl)CC1. The number of piperazine rings is 1. The van der Waals surface area contributed by atoms with Crippen LogP contribution in [0.4, 0.5) is 5.69 Å². The number of carbonyl (C=O) groups excluding carboxylic acids is 1. The molecule has 0 unspecified atom stereocenters. The number of hydrogen-bond acceptors (Lipinski definition) is 5. The Hall–Kier alpha value is -2.57. The third kappa shape index (κ3) is 4.23. The van der Waals surface area contributed by atoms with Crippen LogP contribution in [0, 0.1) is 0 Å². The molecule has 0 aromatic heterocycles. The highest BCUT2D eigenvalue weighted by atomic mass is 35.5. The number of hydrogen-bond donors (Lipinski definition) is 3. The second-order valence-corrected chi connectivity index (χ2v) is 6.91. The number of phenols is 3. The molecule has 0 spiro atoms. The number of carbonyl (C=O) groups is 1. The highest BCUT2D eigenvalue weighted by Gasteiger charge is 2.21. The Kier molecular flexibility index (Phi) is 5.68. The normalized spacial score (nSPS) is 14.7. The monoisotopic (exact) mass is 408 g/mol. The first-order valence-corrected chi connectivity index (χ1v) is 9.03. The number of halogens is 2. The third-order valence-corrected chi connectivity index (χ3v) is 5.18. The Bertz CT molecular complexity index is 870. The summed E-state index contributed by atoms with van der Waals surface area (Å²) >= 11 is 12.3. The Balaban J connectivity index is 1.62. The Morgan fingerprint density at radius 3 is 2.26 bits per heavy atom. The summed E-state index contributed by atoms with van der Waals surface area (Å²) < 4.78 is 0. The molecule has 1 saturated heterocycles. The van der Waals surface area contributed by atoms with Gasteiger partial charge < -0.3 is 25.1 Å². The van der Waals surface area contributed by atoms with Gasteiger partial charge >= 0.3 is 0 Å². The van der Waals surface area contributed by atoms with Crippen molar-refractivity contribution >= 4 is 40.9 Å². The molecule has 0 saturated carbocycles. The van der Waals surface area contributed by atoms with Gasteiger partial charge in [0.25, 0.3) is 0 Å². The van der Waals surface area contributed by atoms with Gasteiger partial charge in [-0.1, -0.05) is 29.3 Å². The van der Waals surface area contributed by atoms with E-state index in [1.165, 1.54) is 24.3 Å². The lowest BCUT2D eigenvalue weighted by molar-refractivity contribution is -0.126. The summed E-state index contributed by atoms with van der Waals surface area (Å²) in [5.74, 6) is -1.67. The molecule has 27 heavy (non-hydrogen) atoms. The van der Waals surface area contributed by atoms with Crippen LogP contribution in [0.5, 0.6) is 17.2 Å². The maximum absolute atomic E-state index is 12.4. The molecule has 3 rings (SSSR count). The molecule has 0 radical (unpaired) electrons. The van der Waals surface area contributed by atoms with Gasteiger partial charge in [0.2, 0.25) is 5.91 Å². The average molecular weight is 409 g/mol. The number of nitrogens with zero attached hydrogens (tertiary/aromatic N) is 2. The fourth-order valence-electron chi connectivity index (χ4n) is 2.90. The van der Waals surface area contributed by atoms with E-state index in [0.717, 1.165) is 5.69 Å². The molecule has 1 aliphatic heterocycles. The van der Waals surface area contributed by atoms with Gasteiger partial charge in [0, 0.05) is 32.3 Å². The van der Waals surface area contributed by atoms with Gasteiger partial charge in [0.15, 0.2) is 17.2 Å². The summed E-state index contributed by atoms with van der Waals surface area (Å²) in [7, 11) is 0. The van der Waals surface area contributed by atoms with Gasteiger partial charge in [-0.05, 0) is 35.9 Å². The number of phenolic OH excluding ortho intramolecular Hbond substituents is 3. The van der Waals surface area contributed by atoms with Crippen LogP contribution >= 0.6 is 23.2 Å². The molecule has 1 aliphatic rings. The van der Waals surface area contributed by atoms with Crippen LogP contribution in [0.15, 0.2) is 36.4 Å². The van der Waals surface area contributed by atoms with Crippen molar-refractivity contribution < 1.29 is 20.1 Å². The van der Waals surface area contributed by atoms with Gasteiger partial charge in [0.1, 0.15) is 0 Å². The number of anilines is 1. The molecule has 1 heterocycles. The lowest BCUT2D eigenvalue weighted by atomic mass is 10.1. The van der Waals surface area contributed by atoms with Gasteiger partial charge in [0.05, 0.1) is 15.7 Å². The molecule has 0 aliphatic carbocycles. The van der Waals surface area contributed by atoms with Crippen LogP contribution in [-0.4, -0.2) is 52.3 Å². The third-order valence-electron chi connectivity index (χ3n) is 4.37. The minimum atomic E-state index is -0.589. The van der Waals surface area contributed by atoms with Crippen molar-refractivity contribution in [2.45, 2.75) is 0 Å². The maximum atomic E-state index is 12.4. The summed E-state index contributed by atoms with van der Waals surface area (Å²) in [6.07, 6.45) is 2.84. The quantitative estimate of drug-likeness (QED) is 0.534. The molecule has 8 heteroatoms. The Morgan fingerprint density at radius 1 is 1.00 bits per heavy atom. The number of amides is 1. The van der Waals surface area contributed by atoms with Crippen LogP contribution in [-0.2, 0) is 4.79 Å². The summed E-state index contributed by atoms with van der Waals surface area (Å²) in [6, 6.07) is 7.99. The van der Waals surface area contributed by atoms with E-state index in [0.29, 0.717) is 41.8 Å². The molecule has 1 fully saturated rings. The van der Waals surface area contributed by atoms with Gasteiger partial charge in [-0.25, -0.2) is 0 Å². The zero-order valence-corrected chi connectivity index (χ0v) is 15.8. The first-order valence-electron chi connectivity index (χ1n) is 8.27. The van der Waals surface area contributed by atoms with Crippen molar-refractivity contribution in [1.82, 2.24) is 4.90 Å². The van der Waals surface area contributed by atoms with E-state index < -0.39 is 17.2 Å². The maximum Gasteiger partial charge on any atom is 0.246 e. The predicted octanol–water partition coefficient (Wildman–Crippen LogP) is 3.47. The molecule has 2 aromatic carbocycles. The van der Waals surface area contributed by atoms with Crippen molar-refractivity contribution in [3.63, 3.8) is 0 Å². The number of benzene rings is 2. The van der Waals surface area contributed by atoms with E-state index in [4.69, 9.17) is 23.2 Å². The zero-order valence-electron chi connectivity index (χ0n) is 14.3. The molecule has 142 valence electrons. The Labute approximate surface area is 166 Å². The predicted molar refractivity (Wildman–Crippen MR) is 106 cm³/mol. The molecule has 1 amide bonds. The highest BCUT2D eigenvalue weighted by Crippen LogP contribution is 2.36. The smallest absolute Gasteiger partial charge is 0.246 e. The summed E-state index contributed by atoms with van der Waals surface area (Å²) in [6.45, 7) is 2.30. The van der Waals surface area contributed by atoms with Gasteiger partial charge in [-0.2, -0.15) is 0 Å². The minimum absolute atomic E-state index is 0.182. The van der Waals surface area contributed by atoms with E-state index in [9.17, 15) is 20.1 Å². The van der Waals surface area contributed by atoms with Crippen LogP contribution in [0.1, 0.15) is 5.56 Å². The largest absolute Gasteiger partial charge is 0.504 e.